The third-order valence-electron chi connectivity index (χ3n) is 4.52. The quantitative estimate of drug-likeness (QED) is 0.824. The molecule has 0 amide bonds. The Bertz CT molecular complexity index is 486. The molecule has 2 rings (SSSR count). The van der Waals surface area contributed by atoms with E-state index < -0.39 is 0 Å². The lowest BCUT2D eigenvalue weighted by Crippen LogP contribution is -2.34. The zero-order valence-corrected chi connectivity index (χ0v) is 14.6. The molecule has 1 aliphatic carbocycles. The van der Waals surface area contributed by atoms with Crippen molar-refractivity contribution in [2.75, 3.05) is 7.05 Å². The molecule has 1 fully saturated rings. The summed E-state index contributed by atoms with van der Waals surface area (Å²) < 4.78 is 6.21. The van der Waals surface area contributed by atoms with Gasteiger partial charge in [0.2, 0.25) is 0 Å². The number of rotatable bonds is 4. The van der Waals surface area contributed by atoms with E-state index in [-0.39, 0.29) is 6.04 Å². The van der Waals surface area contributed by atoms with Crippen LogP contribution < -0.4 is 10.1 Å². The van der Waals surface area contributed by atoms with E-state index in [1.807, 2.05) is 19.2 Å². The van der Waals surface area contributed by atoms with Gasteiger partial charge in [0.1, 0.15) is 5.75 Å². The fraction of sp³-hybridized carbons (Fsp3) is 0.667. The first-order valence-electron chi connectivity index (χ1n) is 7.94. The van der Waals surface area contributed by atoms with Crippen molar-refractivity contribution in [1.82, 2.24) is 5.32 Å². The van der Waals surface area contributed by atoms with Crippen molar-refractivity contribution in [3.05, 3.63) is 28.8 Å². The molecular weight excluding hydrogens is 282 g/mol. The van der Waals surface area contributed by atoms with E-state index in [2.05, 4.69) is 39.1 Å². The molecule has 0 radical (unpaired) electrons. The fourth-order valence-corrected chi connectivity index (χ4v) is 3.96. The Hall–Kier alpha value is -0.730. The molecule has 1 aliphatic rings. The van der Waals surface area contributed by atoms with Gasteiger partial charge in [-0.05, 0) is 62.3 Å². The SMILES string of the molecule is CNC(C)c1ccc(OC2CC(C)CC(C)(C)C2)cc1Cl. The molecule has 0 spiro atoms. The number of hydrogen-bond donors (Lipinski definition) is 1. The number of benzene rings is 1. The van der Waals surface area contributed by atoms with Crippen LogP contribution in [0.25, 0.3) is 0 Å². The summed E-state index contributed by atoms with van der Waals surface area (Å²) in [5.74, 6) is 1.61. The van der Waals surface area contributed by atoms with E-state index in [4.69, 9.17) is 16.3 Å². The van der Waals surface area contributed by atoms with Crippen molar-refractivity contribution in [3.63, 3.8) is 0 Å². The third kappa shape index (κ3) is 4.37. The highest BCUT2D eigenvalue weighted by Crippen LogP contribution is 2.40. The first-order chi connectivity index (χ1) is 9.80. The van der Waals surface area contributed by atoms with E-state index in [0.29, 0.717) is 11.5 Å². The number of nitrogens with one attached hydrogen (secondary N) is 1. The summed E-state index contributed by atoms with van der Waals surface area (Å²) >= 11 is 6.39. The van der Waals surface area contributed by atoms with Crippen LogP contribution in [0.3, 0.4) is 0 Å². The van der Waals surface area contributed by atoms with Crippen molar-refractivity contribution in [3.8, 4) is 5.75 Å². The summed E-state index contributed by atoms with van der Waals surface area (Å²) in [6.07, 6.45) is 3.83. The maximum atomic E-state index is 6.39. The van der Waals surface area contributed by atoms with Gasteiger partial charge in [0.15, 0.2) is 0 Å². The van der Waals surface area contributed by atoms with Gasteiger partial charge in [-0.3, -0.25) is 0 Å². The molecule has 0 heterocycles. The Labute approximate surface area is 134 Å². The van der Waals surface area contributed by atoms with Crippen molar-refractivity contribution < 1.29 is 4.74 Å². The van der Waals surface area contributed by atoms with Crippen LogP contribution >= 0.6 is 11.6 Å². The molecule has 0 saturated heterocycles. The molecule has 0 aromatic heterocycles. The summed E-state index contributed by atoms with van der Waals surface area (Å²) in [5.41, 5.74) is 1.48. The predicted molar refractivity (Wildman–Crippen MR) is 90.1 cm³/mol. The van der Waals surface area contributed by atoms with Crippen LogP contribution in [0.4, 0.5) is 0 Å². The molecular formula is C18H28ClNO. The van der Waals surface area contributed by atoms with Gasteiger partial charge in [-0.25, -0.2) is 0 Å². The van der Waals surface area contributed by atoms with E-state index in [0.717, 1.165) is 35.1 Å². The van der Waals surface area contributed by atoms with Crippen LogP contribution in [0.15, 0.2) is 18.2 Å². The van der Waals surface area contributed by atoms with Crippen LogP contribution in [0, 0.1) is 11.3 Å². The maximum absolute atomic E-state index is 6.39. The summed E-state index contributed by atoms with van der Waals surface area (Å²) in [6.45, 7) is 9.10. The van der Waals surface area contributed by atoms with Crippen molar-refractivity contribution in [2.24, 2.45) is 11.3 Å². The number of hydrogen-bond acceptors (Lipinski definition) is 2. The van der Waals surface area contributed by atoms with E-state index >= 15 is 0 Å². The third-order valence-corrected chi connectivity index (χ3v) is 4.85. The molecule has 2 nitrogen and oxygen atoms in total. The highest BCUT2D eigenvalue weighted by Gasteiger charge is 2.33. The summed E-state index contributed by atoms with van der Waals surface area (Å²) in [5, 5.41) is 3.99. The first-order valence-corrected chi connectivity index (χ1v) is 8.32. The Kier molecular flexibility index (Phi) is 5.21. The van der Waals surface area contributed by atoms with Gasteiger partial charge in [0, 0.05) is 11.1 Å². The lowest BCUT2D eigenvalue weighted by molar-refractivity contribution is 0.0562. The molecule has 118 valence electrons. The van der Waals surface area contributed by atoms with Crippen LogP contribution in [-0.2, 0) is 0 Å². The van der Waals surface area contributed by atoms with E-state index in [9.17, 15) is 0 Å². The highest BCUT2D eigenvalue weighted by atomic mass is 35.5. The second-order valence-electron chi connectivity index (χ2n) is 7.35. The monoisotopic (exact) mass is 309 g/mol. The first kappa shape index (κ1) is 16.6. The van der Waals surface area contributed by atoms with Crippen molar-refractivity contribution in [1.29, 1.82) is 0 Å². The Morgan fingerprint density at radius 3 is 2.62 bits per heavy atom. The summed E-state index contributed by atoms with van der Waals surface area (Å²) in [6, 6.07) is 6.31. The van der Waals surface area contributed by atoms with Crippen LogP contribution in [0.5, 0.6) is 5.75 Å². The van der Waals surface area contributed by atoms with Gasteiger partial charge >= 0.3 is 0 Å². The smallest absolute Gasteiger partial charge is 0.121 e. The van der Waals surface area contributed by atoms with Gasteiger partial charge in [0.05, 0.1) is 6.10 Å². The lowest BCUT2D eigenvalue weighted by Gasteiger charge is -2.38. The van der Waals surface area contributed by atoms with E-state index in [1.54, 1.807) is 0 Å². The van der Waals surface area contributed by atoms with E-state index in [1.165, 1.54) is 6.42 Å². The molecule has 1 aromatic rings. The number of ether oxygens (including phenoxy) is 1. The highest BCUT2D eigenvalue weighted by molar-refractivity contribution is 6.31. The summed E-state index contributed by atoms with van der Waals surface area (Å²) in [4.78, 5) is 0. The normalized spacial score (nSPS) is 26.4. The van der Waals surface area contributed by atoms with Crippen LogP contribution in [-0.4, -0.2) is 13.2 Å². The Morgan fingerprint density at radius 2 is 2.05 bits per heavy atom. The minimum Gasteiger partial charge on any atom is -0.490 e. The topological polar surface area (TPSA) is 21.3 Å². The number of halogens is 1. The zero-order valence-electron chi connectivity index (χ0n) is 13.9. The second-order valence-corrected chi connectivity index (χ2v) is 7.75. The van der Waals surface area contributed by atoms with Crippen LogP contribution in [0.2, 0.25) is 5.02 Å². The van der Waals surface area contributed by atoms with Gasteiger partial charge in [-0.2, -0.15) is 0 Å². The second kappa shape index (κ2) is 6.58. The molecule has 1 N–H and O–H groups in total. The standard InChI is InChI=1S/C18H28ClNO/c1-12-8-15(11-18(3,4)10-12)21-14-6-7-16(13(2)20-5)17(19)9-14/h6-7,9,12-13,15,20H,8,10-11H2,1-5H3. The van der Waals surface area contributed by atoms with Crippen molar-refractivity contribution in [2.45, 2.75) is 59.1 Å². The average Bonchev–Trinajstić information content (AvgIpc) is 2.35. The molecule has 3 atom stereocenters. The molecule has 3 unspecified atom stereocenters. The largest absolute Gasteiger partial charge is 0.490 e. The minimum atomic E-state index is 0.250. The van der Waals surface area contributed by atoms with Gasteiger partial charge in [0.25, 0.3) is 0 Å². The predicted octanol–water partition coefficient (Wildman–Crippen LogP) is 5.21. The molecule has 21 heavy (non-hydrogen) atoms. The molecule has 0 bridgehead atoms. The summed E-state index contributed by atoms with van der Waals surface area (Å²) in [7, 11) is 1.94. The molecule has 3 heteroatoms. The van der Waals surface area contributed by atoms with Crippen LogP contribution in [0.1, 0.15) is 58.6 Å². The van der Waals surface area contributed by atoms with Gasteiger partial charge in [-0.15, -0.1) is 0 Å². The zero-order chi connectivity index (χ0) is 15.6. The van der Waals surface area contributed by atoms with Crippen molar-refractivity contribution >= 4 is 11.6 Å². The molecule has 0 aliphatic heterocycles. The maximum Gasteiger partial charge on any atom is 0.121 e. The Morgan fingerprint density at radius 1 is 1.33 bits per heavy atom. The molecule has 1 aromatic carbocycles. The lowest BCUT2D eigenvalue weighted by atomic mass is 9.71. The van der Waals surface area contributed by atoms with Gasteiger partial charge in [-0.1, -0.05) is 38.4 Å². The Balaban J connectivity index is 2.08. The molecule has 1 saturated carbocycles. The minimum absolute atomic E-state index is 0.250. The van der Waals surface area contributed by atoms with Gasteiger partial charge < -0.3 is 10.1 Å². The fourth-order valence-electron chi connectivity index (χ4n) is 3.63. The average molecular weight is 310 g/mol.